The third kappa shape index (κ3) is 1.48. The molecule has 0 saturated heterocycles. The van der Waals surface area contributed by atoms with Crippen molar-refractivity contribution < 1.29 is 0 Å². The van der Waals surface area contributed by atoms with E-state index in [1.807, 2.05) is 58.8 Å². The number of thioether (sulfide) groups is 5. The van der Waals surface area contributed by atoms with E-state index in [9.17, 15) is 0 Å². The van der Waals surface area contributed by atoms with Crippen molar-refractivity contribution in [3.05, 3.63) is 8.47 Å². The van der Waals surface area contributed by atoms with Gasteiger partial charge >= 0.3 is 0 Å². The minimum atomic E-state index is 0.741. The lowest BCUT2D eigenvalue weighted by molar-refractivity contribution is 2.08. The van der Waals surface area contributed by atoms with Gasteiger partial charge in [-0.05, 0) is 6.26 Å². The second-order valence-electron chi connectivity index (χ2n) is 1.74. The summed E-state index contributed by atoms with van der Waals surface area (Å²) in [5.41, 5.74) is 0. The molecular weight excluding hydrogens is 220 g/mol. The molecule has 0 saturated carbocycles. The Hall–Kier alpha value is 1.49. The van der Waals surface area contributed by atoms with Gasteiger partial charge in [-0.2, -0.15) is 0 Å². The molecule has 0 aliphatic carbocycles. The molecule has 0 N–H and O–H groups in total. The molecule has 0 radical (unpaired) electrons. The van der Waals surface area contributed by atoms with Crippen LogP contribution < -0.4 is 0 Å². The van der Waals surface area contributed by atoms with Crippen molar-refractivity contribution in [2.75, 3.05) is 11.3 Å². The van der Waals surface area contributed by atoms with Crippen LogP contribution in [0.15, 0.2) is 8.47 Å². The summed E-state index contributed by atoms with van der Waals surface area (Å²) in [7, 11) is 0. The summed E-state index contributed by atoms with van der Waals surface area (Å²) >= 11 is 10.0. The van der Waals surface area contributed by atoms with Gasteiger partial charge in [0.2, 0.25) is 0 Å². The molecular formula is C5H6S5. The van der Waals surface area contributed by atoms with E-state index in [0.717, 1.165) is 3.91 Å². The molecule has 5 heteroatoms. The van der Waals surface area contributed by atoms with Gasteiger partial charge in [0, 0.05) is 5.08 Å². The molecule has 0 aromatic carbocycles. The first-order valence-corrected chi connectivity index (χ1v) is 7.78. The van der Waals surface area contributed by atoms with E-state index in [1.54, 1.807) is 8.47 Å². The Morgan fingerprint density at radius 3 is 2.40 bits per heavy atom. The summed E-state index contributed by atoms with van der Waals surface area (Å²) in [6.07, 6.45) is 2.18. The fraction of sp³-hybridized carbons (Fsp3) is 0.600. The number of hydrogen-bond acceptors (Lipinski definition) is 5. The zero-order chi connectivity index (χ0) is 6.97. The van der Waals surface area contributed by atoms with Crippen LogP contribution in [0.4, 0.5) is 0 Å². The molecule has 0 fully saturated rings. The van der Waals surface area contributed by atoms with Crippen LogP contribution >= 0.6 is 58.8 Å². The number of hydrogen-bond donors (Lipinski definition) is 0. The van der Waals surface area contributed by atoms with Gasteiger partial charge in [-0.3, -0.25) is 0 Å². The second kappa shape index (κ2) is 3.47. The van der Waals surface area contributed by atoms with E-state index < -0.39 is 0 Å². The summed E-state index contributed by atoms with van der Waals surface area (Å²) in [5, 5.41) is 1.24. The number of rotatable bonds is 1. The monoisotopic (exact) mass is 226 g/mol. The Morgan fingerprint density at radius 2 is 1.90 bits per heavy atom. The van der Waals surface area contributed by atoms with Crippen molar-refractivity contribution >= 4 is 58.8 Å². The van der Waals surface area contributed by atoms with Gasteiger partial charge in [-0.1, -0.05) is 23.5 Å². The fourth-order valence-electron chi connectivity index (χ4n) is 0.714. The summed E-state index contributed by atoms with van der Waals surface area (Å²) in [5.74, 6) is 0. The summed E-state index contributed by atoms with van der Waals surface area (Å²) in [6.45, 7) is 0. The molecule has 2 aliphatic rings. The molecule has 0 bridgehead atoms. The molecule has 2 rings (SSSR count). The smallest absolute Gasteiger partial charge is 0.106 e. The minimum absolute atomic E-state index is 0.741. The Labute approximate surface area is 82.1 Å². The lowest BCUT2D eigenvalue weighted by Gasteiger charge is -2.04. The Bertz CT molecular complexity index is 159. The maximum absolute atomic E-state index is 2.18. The van der Waals surface area contributed by atoms with Gasteiger partial charge in [0.25, 0.3) is 0 Å². The van der Waals surface area contributed by atoms with Crippen LogP contribution in [0, 0.1) is 0 Å². The maximum Gasteiger partial charge on any atom is 0.106 e. The highest BCUT2D eigenvalue weighted by atomic mass is 32.3. The first kappa shape index (κ1) is 8.10. The van der Waals surface area contributed by atoms with Crippen LogP contribution in [0.3, 0.4) is 0 Å². The topological polar surface area (TPSA) is 0 Å². The van der Waals surface area contributed by atoms with Crippen LogP contribution in [-0.4, -0.2) is 15.3 Å². The minimum Gasteiger partial charge on any atom is -0.139 e. The van der Waals surface area contributed by atoms with Gasteiger partial charge in [-0.25, -0.2) is 0 Å². The first-order valence-electron chi connectivity index (χ1n) is 2.76. The third-order valence-electron chi connectivity index (χ3n) is 1.15. The van der Waals surface area contributed by atoms with Gasteiger partial charge in [0.05, 0.1) is 8.47 Å². The summed E-state index contributed by atoms with van der Waals surface area (Å²) in [4.78, 5) is 0. The normalized spacial score (nSPS) is 26.1. The highest BCUT2D eigenvalue weighted by Crippen LogP contribution is 2.62. The molecule has 0 amide bonds. The average Bonchev–Trinajstić information content (AvgIpc) is 2.42. The summed E-state index contributed by atoms with van der Waals surface area (Å²) < 4.78 is 3.90. The van der Waals surface area contributed by atoms with E-state index in [4.69, 9.17) is 0 Å². The highest BCUT2D eigenvalue weighted by Gasteiger charge is 2.29. The first-order chi connectivity index (χ1) is 4.90. The lowest BCUT2D eigenvalue weighted by atomic mass is 11.2. The molecule has 2 aliphatic heterocycles. The molecule has 0 aromatic heterocycles. The molecule has 0 aromatic rings. The van der Waals surface area contributed by atoms with Crippen molar-refractivity contribution in [2.45, 2.75) is 3.91 Å². The zero-order valence-corrected chi connectivity index (χ0v) is 9.41. The van der Waals surface area contributed by atoms with Crippen LogP contribution in [0.2, 0.25) is 0 Å². The predicted octanol–water partition coefficient (Wildman–Crippen LogP) is 3.68. The predicted molar refractivity (Wildman–Crippen MR) is 59.6 cm³/mol. The van der Waals surface area contributed by atoms with E-state index in [0.29, 0.717) is 0 Å². The zero-order valence-electron chi connectivity index (χ0n) is 5.33. The molecule has 56 valence electrons. The Balaban J connectivity index is 2.03. The van der Waals surface area contributed by atoms with Crippen molar-refractivity contribution in [3.63, 3.8) is 0 Å². The van der Waals surface area contributed by atoms with Gasteiger partial charge < -0.3 is 0 Å². The van der Waals surface area contributed by atoms with Crippen molar-refractivity contribution in [2.24, 2.45) is 0 Å². The lowest BCUT2D eigenvalue weighted by Crippen LogP contribution is -1.80. The average molecular weight is 226 g/mol. The molecule has 0 atom stereocenters. The van der Waals surface area contributed by atoms with Gasteiger partial charge in [0.15, 0.2) is 0 Å². The van der Waals surface area contributed by atoms with E-state index in [1.165, 1.54) is 5.08 Å². The largest absolute Gasteiger partial charge is 0.139 e. The standard InChI is InChI=1S/C5H6S5/c1-6-5-9-3-4(10-5)8-2-7-3/h5H,2H2,1H3. The Morgan fingerprint density at radius 1 is 1.30 bits per heavy atom. The summed E-state index contributed by atoms with van der Waals surface area (Å²) in [6, 6.07) is 0. The SMILES string of the molecule is CSC1SC2=C(SCS2)S1. The van der Waals surface area contributed by atoms with Gasteiger partial charge in [-0.15, -0.1) is 35.3 Å². The maximum atomic E-state index is 2.18. The van der Waals surface area contributed by atoms with Crippen molar-refractivity contribution in [1.29, 1.82) is 0 Å². The molecule has 10 heavy (non-hydrogen) atoms. The Kier molecular flexibility index (Phi) is 2.82. The second-order valence-corrected chi connectivity index (χ2v) is 8.66. The van der Waals surface area contributed by atoms with E-state index >= 15 is 0 Å². The van der Waals surface area contributed by atoms with E-state index in [-0.39, 0.29) is 0 Å². The quantitative estimate of drug-likeness (QED) is 0.667. The van der Waals surface area contributed by atoms with E-state index in [2.05, 4.69) is 6.26 Å². The van der Waals surface area contributed by atoms with Crippen LogP contribution in [-0.2, 0) is 0 Å². The third-order valence-corrected chi connectivity index (χ3v) is 8.74. The van der Waals surface area contributed by atoms with Crippen molar-refractivity contribution in [3.8, 4) is 0 Å². The van der Waals surface area contributed by atoms with Crippen molar-refractivity contribution in [1.82, 2.24) is 0 Å². The van der Waals surface area contributed by atoms with Crippen LogP contribution in [0.25, 0.3) is 0 Å². The van der Waals surface area contributed by atoms with Crippen LogP contribution in [0.5, 0.6) is 0 Å². The molecule has 0 unspecified atom stereocenters. The molecule has 2 heterocycles. The highest BCUT2D eigenvalue weighted by molar-refractivity contribution is 8.48. The fourth-order valence-corrected chi connectivity index (χ4v) is 8.70. The van der Waals surface area contributed by atoms with Crippen LogP contribution in [0.1, 0.15) is 0 Å². The van der Waals surface area contributed by atoms with Gasteiger partial charge in [0.1, 0.15) is 3.91 Å². The molecule has 0 spiro atoms. The molecule has 0 nitrogen and oxygen atoms in total.